The van der Waals surface area contributed by atoms with Gasteiger partial charge in [-0.2, -0.15) is 0 Å². The summed E-state index contributed by atoms with van der Waals surface area (Å²) in [7, 11) is 0. The smallest absolute Gasteiger partial charge is 0.248 e. The molecule has 0 aliphatic carbocycles. The molecule has 0 aromatic carbocycles. The highest BCUT2D eigenvalue weighted by atomic mass is 35.5. The molecule has 0 saturated heterocycles. The van der Waals surface area contributed by atoms with Gasteiger partial charge in [-0.1, -0.05) is 19.4 Å². The molecular formula is C8H13ClO. The minimum absolute atomic E-state index is 0.309. The van der Waals surface area contributed by atoms with E-state index < -0.39 is 0 Å². The number of allylic oxidation sites excluding steroid dienone is 2. The van der Waals surface area contributed by atoms with E-state index in [1.807, 2.05) is 6.92 Å². The monoisotopic (exact) mass is 160 g/mol. The molecule has 0 fully saturated rings. The molecule has 10 heavy (non-hydrogen) atoms. The van der Waals surface area contributed by atoms with E-state index >= 15 is 0 Å². The van der Waals surface area contributed by atoms with Crippen molar-refractivity contribution in [3.63, 3.8) is 0 Å². The average Bonchev–Trinajstić information content (AvgIpc) is 1.89. The van der Waals surface area contributed by atoms with Crippen LogP contribution in [0.25, 0.3) is 0 Å². The summed E-state index contributed by atoms with van der Waals surface area (Å²) >= 11 is 5.27. The number of halogens is 1. The minimum atomic E-state index is -0.309. The van der Waals surface area contributed by atoms with Crippen LogP contribution in [0.15, 0.2) is 11.6 Å². The summed E-state index contributed by atoms with van der Waals surface area (Å²) in [5.74, 6) is 0. The van der Waals surface area contributed by atoms with E-state index in [4.69, 9.17) is 11.6 Å². The van der Waals surface area contributed by atoms with Gasteiger partial charge in [0.1, 0.15) is 0 Å². The van der Waals surface area contributed by atoms with Crippen LogP contribution in [0.2, 0.25) is 0 Å². The molecule has 0 aromatic heterocycles. The second-order valence-corrected chi connectivity index (χ2v) is 2.53. The SMILES string of the molecule is C/C=C(\CCCC)C(=O)Cl. The molecule has 0 rings (SSSR count). The Kier molecular flexibility index (Phi) is 5.32. The van der Waals surface area contributed by atoms with Crippen LogP contribution in [-0.2, 0) is 4.79 Å². The zero-order valence-corrected chi connectivity index (χ0v) is 7.24. The van der Waals surface area contributed by atoms with E-state index in [0.717, 1.165) is 24.8 Å². The van der Waals surface area contributed by atoms with E-state index in [-0.39, 0.29) is 5.24 Å². The van der Waals surface area contributed by atoms with Gasteiger partial charge in [0.25, 0.3) is 0 Å². The van der Waals surface area contributed by atoms with Gasteiger partial charge in [0.2, 0.25) is 5.24 Å². The average molecular weight is 161 g/mol. The first-order chi connectivity index (χ1) is 4.72. The lowest BCUT2D eigenvalue weighted by Crippen LogP contribution is -1.92. The third-order valence-corrected chi connectivity index (χ3v) is 1.64. The maximum atomic E-state index is 10.6. The quantitative estimate of drug-likeness (QED) is 0.457. The Labute approximate surface area is 67.1 Å². The summed E-state index contributed by atoms with van der Waals surface area (Å²) in [6.07, 6.45) is 4.74. The highest BCUT2D eigenvalue weighted by Crippen LogP contribution is 2.09. The van der Waals surface area contributed by atoms with E-state index in [0.29, 0.717) is 0 Å². The van der Waals surface area contributed by atoms with Gasteiger partial charge in [-0.25, -0.2) is 0 Å². The Balaban J connectivity index is 3.74. The summed E-state index contributed by atoms with van der Waals surface area (Å²) in [6, 6.07) is 0. The van der Waals surface area contributed by atoms with Crippen LogP contribution in [0.5, 0.6) is 0 Å². The second kappa shape index (κ2) is 5.48. The molecule has 0 N–H and O–H groups in total. The summed E-state index contributed by atoms with van der Waals surface area (Å²) in [4.78, 5) is 10.6. The van der Waals surface area contributed by atoms with Crippen LogP contribution < -0.4 is 0 Å². The predicted octanol–water partition coefficient (Wildman–Crippen LogP) is 2.89. The second-order valence-electron chi connectivity index (χ2n) is 2.19. The van der Waals surface area contributed by atoms with Crippen molar-refractivity contribution in [3.05, 3.63) is 11.6 Å². The zero-order chi connectivity index (χ0) is 7.98. The van der Waals surface area contributed by atoms with Crippen molar-refractivity contribution in [2.24, 2.45) is 0 Å². The number of hydrogen-bond acceptors (Lipinski definition) is 1. The fourth-order valence-electron chi connectivity index (χ4n) is 0.723. The summed E-state index contributed by atoms with van der Waals surface area (Å²) < 4.78 is 0. The van der Waals surface area contributed by atoms with Crippen LogP contribution in [-0.4, -0.2) is 5.24 Å². The van der Waals surface area contributed by atoms with Crippen LogP contribution in [0.4, 0.5) is 0 Å². The Morgan fingerprint density at radius 2 is 2.20 bits per heavy atom. The van der Waals surface area contributed by atoms with Gasteiger partial charge in [-0.15, -0.1) is 0 Å². The largest absolute Gasteiger partial charge is 0.276 e. The van der Waals surface area contributed by atoms with E-state index in [2.05, 4.69) is 6.92 Å². The van der Waals surface area contributed by atoms with Gasteiger partial charge in [0, 0.05) is 5.57 Å². The molecule has 0 aromatic rings. The lowest BCUT2D eigenvalue weighted by Gasteiger charge is -1.97. The molecule has 2 heteroatoms. The molecule has 0 amide bonds. The first kappa shape index (κ1) is 9.70. The van der Waals surface area contributed by atoms with Gasteiger partial charge in [0.05, 0.1) is 0 Å². The molecule has 0 unspecified atom stereocenters. The first-order valence-corrected chi connectivity index (χ1v) is 3.95. The van der Waals surface area contributed by atoms with Crippen molar-refractivity contribution >= 4 is 16.8 Å². The Hall–Kier alpha value is -0.300. The summed E-state index contributed by atoms with van der Waals surface area (Å²) in [6.45, 7) is 3.93. The molecule has 0 aliphatic rings. The molecule has 0 spiro atoms. The van der Waals surface area contributed by atoms with Crippen molar-refractivity contribution in [2.75, 3.05) is 0 Å². The highest BCUT2D eigenvalue weighted by molar-refractivity contribution is 6.67. The van der Waals surface area contributed by atoms with Crippen LogP contribution in [0.3, 0.4) is 0 Å². The maximum Gasteiger partial charge on any atom is 0.248 e. The number of carbonyl (C=O) groups excluding carboxylic acids is 1. The van der Waals surface area contributed by atoms with Crippen molar-refractivity contribution in [2.45, 2.75) is 33.1 Å². The number of hydrogen-bond donors (Lipinski definition) is 0. The van der Waals surface area contributed by atoms with E-state index in [1.165, 1.54) is 0 Å². The zero-order valence-electron chi connectivity index (χ0n) is 6.48. The van der Waals surface area contributed by atoms with Gasteiger partial charge >= 0.3 is 0 Å². The molecule has 58 valence electrons. The number of carbonyl (C=O) groups is 1. The Morgan fingerprint density at radius 3 is 2.50 bits per heavy atom. The predicted molar refractivity (Wildman–Crippen MR) is 44.1 cm³/mol. The number of unbranched alkanes of at least 4 members (excludes halogenated alkanes) is 1. The van der Waals surface area contributed by atoms with Crippen molar-refractivity contribution in [1.82, 2.24) is 0 Å². The third kappa shape index (κ3) is 3.67. The Bertz CT molecular complexity index is 138. The van der Waals surface area contributed by atoms with Gasteiger partial charge in [-0.05, 0) is 31.4 Å². The molecule has 0 atom stereocenters. The van der Waals surface area contributed by atoms with Crippen molar-refractivity contribution in [3.8, 4) is 0 Å². The Morgan fingerprint density at radius 1 is 1.60 bits per heavy atom. The topological polar surface area (TPSA) is 17.1 Å². The van der Waals surface area contributed by atoms with Crippen molar-refractivity contribution in [1.29, 1.82) is 0 Å². The molecule has 0 bridgehead atoms. The third-order valence-electron chi connectivity index (χ3n) is 1.40. The lowest BCUT2D eigenvalue weighted by atomic mass is 10.1. The molecular weight excluding hydrogens is 148 g/mol. The highest BCUT2D eigenvalue weighted by Gasteiger charge is 2.02. The molecule has 1 nitrogen and oxygen atoms in total. The standard InChI is InChI=1S/C8H13ClO/c1-3-5-6-7(4-2)8(9)10/h4H,3,5-6H2,1-2H3/b7-4+. The molecule has 0 aliphatic heterocycles. The van der Waals surface area contributed by atoms with Gasteiger partial charge in [-0.3, -0.25) is 4.79 Å². The van der Waals surface area contributed by atoms with Gasteiger partial charge in [0.15, 0.2) is 0 Å². The maximum absolute atomic E-state index is 10.6. The fraction of sp³-hybridized carbons (Fsp3) is 0.625. The van der Waals surface area contributed by atoms with E-state index in [1.54, 1.807) is 6.08 Å². The summed E-state index contributed by atoms with van der Waals surface area (Å²) in [5, 5.41) is -0.309. The van der Waals surface area contributed by atoms with Crippen LogP contribution in [0.1, 0.15) is 33.1 Å². The minimum Gasteiger partial charge on any atom is -0.276 e. The van der Waals surface area contributed by atoms with Crippen LogP contribution >= 0.6 is 11.6 Å². The molecule has 0 heterocycles. The lowest BCUT2D eigenvalue weighted by molar-refractivity contribution is -0.108. The van der Waals surface area contributed by atoms with Crippen LogP contribution in [0, 0.1) is 0 Å². The van der Waals surface area contributed by atoms with Gasteiger partial charge < -0.3 is 0 Å². The molecule has 0 radical (unpaired) electrons. The molecule has 0 saturated carbocycles. The normalized spacial score (nSPS) is 11.7. The fourth-order valence-corrected chi connectivity index (χ4v) is 0.927. The van der Waals surface area contributed by atoms with E-state index in [9.17, 15) is 4.79 Å². The van der Waals surface area contributed by atoms with Crippen molar-refractivity contribution < 1.29 is 4.79 Å². The number of rotatable bonds is 4. The summed E-state index contributed by atoms with van der Waals surface area (Å²) in [5.41, 5.74) is 0.739. The first-order valence-electron chi connectivity index (χ1n) is 3.57.